The monoisotopic (exact) mass is 378 g/mol. The first-order valence-electron chi connectivity index (χ1n) is 9.59. The first-order chi connectivity index (χ1) is 13.1. The lowest BCUT2D eigenvalue weighted by Crippen LogP contribution is -2.41. The van der Waals surface area contributed by atoms with Crippen molar-refractivity contribution in [2.75, 3.05) is 46.5 Å². The van der Waals surface area contributed by atoms with Crippen LogP contribution < -0.4 is 20.7 Å². The van der Waals surface area contributed by atoms with E-state index in [0.717, 1.165) is 31.3 Å². The van der Waals surface area contributed by atoms with Crippen molar-refractivity contribution in [2.45, 2.75) is 27.2 Å². The van der Waals surface area contributed by atoms with Crippen molar-refractivity contribution in [3.05, 3.63) is 29.8 Å². The number of carbonyl (C=O) groups excluding carboxylic acids is 1. The summed E-state index contributed by atoms with van der Waals surface area (Å²) in [5.41, 5.74) is 0.606. The molecule has 7 nitrogen and oxygen atoms in total. The van der Waals surface area contributed by atoms with Gasteiger partial charge in [-0.25, -0.2) is 0 Å². The van der Waals surface area contributed by atoms with Crippen LogP contribution in [0.1, 0.15) is 37.6 Å². The summed E-state index contributed by atoms with van der Waals surface area (Å²) in [5, 5.41) is 9.26. The first-order valence-corrected chi connectivity index (χ1v) is 9.59. The van der Waals surface area contributed by atoms with Gasteiger partial charge in [0.1, 0.15) is 5.75 Å². The Morgan fingerprint density at radius 1 is 1.07 bits per heavy atom. The summed E-state index contributed by atoms with van der Waals surface area (Å²) in [5.74, 6) is 2.00. The second-order valence-corrected chi connectivity index (χ2v) is 6.47. The van der Waals surface area contributed by atoms with Crippen molar-refractivity contribution in [2.24, 2.45) is 10.9 Å². The molecule has 0 saturated carbocycles. The van der Waals surface area contributed by atoms with E-state index in [2.05, 4.69) is 34.8 Å². The molecule has 0 saturated heterocycles. The van der Waals surface area contributed by atoms with Crippen molar-refractivity contribution < 1.29 is 14.3 Å². The van der Waals surface area contributed by atoms with Crippen LogP contribution in [-0.2, 0) is 4.74 Å². The number of aliphatic imine (C=N–C) groups is 1. The third-order valence-electron chi connectivity index (χ3n) is 3.74. The predicted molar refractivity (Wildman–Crippen MR) is 110 cm³/mol. The van der Waals surface area contributed by atoms with Gasteiger partial charge in [0.2, 0.25) is 0 Å². The summed E-state index contributed by atoms with van der Waals surface area (Å²) in [6.07, 6.45) is 1.07. The third kappa shape index (κ3) is 10.5. The van der Waals surface area contributed by atoms with Gasteiger partial charge in [-0.05, 0) is 43.5 Å². The summed E-state index contributed by atoms with van der Waals surface area (Å²) in [6, 6.07) is 7.03. The maximum atomic E-state index is 12.1. The van der Waals surface area contributed by atoms with Gasteiger partial charge in [0, 0.05) is 31.8 Å². The van der Waals surface area contributed by atoms with Crippen molar-refractivity contribution >= 4 is 11.9 Å². The molecule has 0 heterocycles. The Morgan fingerprint density at radius 2 is 1.78 bits per heavy atom. The molecule has 0 atom stereocenters. The van der Waals surface area contributed by atoms with Gasteiger partial charge in [0.15, 0.2) is 5.96 Å². The van der Waals surface area contributed by atoms with E-state index >= 15 is 0 Å². The number of nitrogens with one attached hydrogen (secondary N) is 3. The molecule has 0 aliphatic carbocycles. The van der Waals surface area contributed by atoms with Gasteiger partial charge in [-0.2, -0.15) is 0 Å². The Labute approximate surface area is 162 Å². The Morgan fingerprint density at radius 3 is 2.41 bits per heavy atom. The first kappa shape index (κ1) is 22.8. The molecule has 0 fully saturated rings. The number of nitrogens with zero attached hydrogens (tertiary/aromatic N) is 1. The number of hydrogen-bond donors (Lipinski definition) is 3. The maximum Gasteiger partial charge on any atom is 0.251 e. The molecule has 0 spiro atoms. The second kappa shape index (κ2) is 13.9. The van der Waals surface area contributed by atoms with Crippen molar-refractivity contribution in [3.63, 3.8) is 0 Å². The number of benzene rings is 1. The van der Waals surface area contributed by atoms with E-state index in [1.807, 2.05) is 6.92 Å². The predicted octanol–water partition coefficient (Wildman–Crippen LogP) is 2.04. The van der Waals surface area contributed by atoms with Crippen molar-refractivity contribution in [3.8, 4) is 5.75 Å². The van der Waals surface area contributed by atoms with Gasteiger partial charge in [0.05, 0.1) is 20.3 Å². The van der Waals surface area contributed by atoms with Crippen LogP contribution in [0, 0.1) is 5.92 Å². The quantitative estimate of drug-likeness (QED) is 0.294. The number of rotatable bonds is 12. The maximum absolute atomic E-state index is 12.1. The SMILES string of the molecule is CCNC(=NCCOCCC(C)C)NCCNC(=O)c1ccc(OC)cc1. The highest BCUT2D eigenvalue weighted by molar-refractivity contribution is 5.94. The number of ether oxygens (including phenoxy) is 2. The number of guanidine groups is 1. The molecule has 3 N–H and O–H groups in total. The van der Waals surface area contributed by atoms with Crippen molar-refractivity contribution in [1.82, 2.24) is 16.0 Å². The normalized spacial score (nSPS) is 11.4. The highest BCUT2D eigenvalue weighted by atomic mass is 16.5. The highest BCUT2D eigenvalue weighted by Crippen LogP contribution is 2.10. The molecule has 0 aliphatic rings. The average molecular weight is 379 g/mol. The van der Waals surface area contributed by atoms with Crippen LogP contribution in [0.3, 0.4) is 0 Å². The van der Waals surface area contributed by atoms with Crippen molar-refractivity contribution in [1.29, 1.82) is 0 Å². The Balaban J connectivity index is 2.26. The largest absolute Gasteiger partial charge is 0.497 e. The number of carbonyl (C=O) groups is 1. The van der Waals surface area contributed by atoms with Gasteiger partial charge >= 0.3 is 0 Å². The molecule has 0 unspecified atom stereocenters. The van der Waals surface area contributed by atoms with Crippen LogP contribution in [-0.4, -0.2) is 58.4 Å². The molecule has 0 radical (unpaired) electrons. The van der Waals surface area contributed by atoms with E-state index in [1.54, 1.807) is 31.4 Å². The molecule has 0 aromatic heterocycles. The Bertz CT molecular complexity index is 559. The Hall–Kier alpha value is -2.28. The minimum atomic E-state index is -0.111. The van der Waals surface area contributed by atoms with E-state index in [-0.39, 0.29) is 5.91 Å². The van der Waals surface area contributed by atoms with Crippen LogP contribution in [0.2, 0.25) is 0 Å². The number of amides is 1. The van der Waals surface area contributed by atoms with E-state index < -0.39 is 0 Å². The molecule has 1 aromatic rings. The molecular formula is C20H34N4O3. The zero-order valence-corrected chi connectivity index (χ0v) is 17.0. The summed E-state index contributed by atoms with van der Waals surface area (Å²) in [6.45, 7) is 10.2. The molecule has 0 aliphatic heterocycles. The third-order valence-corrected chi connectivity index (χ3v) is 3.74. The fourth-order valence-corrected chi connectivity index (χ4v) is 2.19. The van der Waals surface area contributed by atoms with Crippen LogP contribution in [0.5, 0.6) is 5.75 Å². The smallest absolute Gasteiger partial charge is 0.251 e. The summed E-state index contributed by atoms with van der Waals surface area (Å²) in [4.78, 5) is 16.6. The minimum Gasteiger partial charge on any atom is -0.497 e. The zero-order chi connectivity index (χ0) is 19.9. The Kier molecular flexibility index (Phi) is 11.7. The van der Waals surface area contributed by atoms with Crippen LogP contribution >= 0.6 is 0 Å². The van der Waals surface area contributed by atoms with Gasteiger partial charge in [-0.1, -0.05) is 13.8 Å². The minimum absolute atomic E-state index is 0.111. The van der Waals surface area contributed by atoms with E-state index in [1.165, 1.54) is 0 Å². The standard InChI is InChI=1S/C20H34N4O3/c1-5-21-20(24-13-15-27-14-10-16(2)3)23-12-11-22-19(25)17-6-8-18(26-4)9-7-17/h6-9,16H,5,10-15H2,1-4H3,(H,22,25)(H2,21,23,24). The fraction of sp³-hybridized carbons (Fsp3) is 0.600. The molecule has 1 aromatic carbocycles. The van der Waals surface area contributed by atoms with Crippen LogP contribution in [0.15, 0.2) is 29.3 Å². The lowest BCUT2D eigenvalue weighted by molar-refractivity contribution is 0.0954. The number of methoxy groups -OCH3 is 1. The highest BCUT2D eigenvalue weighted by Gasteiger charge is 2.05. The summed E-state index contributed by atoms with van der Waals surface area (Å²) in [7, 11) is 1.60. The molecule has 0 bridgehead atoms. The van der Waals surface area contributed by atoms with E-state index in [4.69, 9.17) is 9.47 Å². The molecule has 7 heteroatoms. The van der Waals surface area contributed by atoms with Crippen LogP contribution in [0.4, 0.5) is 0 Å². The summed E-state index contributed by atoms with van der Waals surface area (Å²) < 4.78 is 10.7. The zero-order valence-electron chi connectivity index (χ0n) is 17.0. The van der Waals surface area contributed by atoms with Gasteiger partial charge in [-0.15, -0.1) is 0 Å². The second-order valence-electron chi connectivity index (χ2n) is 6.47. The van der Waals surface area contributed by atoms with Gasteiger partial charge < -0.3 is 25.4 Å². The topological polar surface area (TPSA) is 84.0 Å². The van der Waals surface area contributed by atoms with E-state index in [0.29, 0.717) is 37.7 Å². The van der Waals surface area contributed by atoms with Crippen LogP contribution in [0.25, 0.3) is 0 Å². The molecule has 27 heavy (non-hydrogen) atoms. The molecule has 152 valence electrons. The molecule has 1 amide bonds. The lowest BCUT2D eigenvalue weighted by Gasteiger charge is -2.12. The van der Waals surface area contributed by atoms with Gasteiger partial charge in [-0.3, -0.25) is 9.79 Å². The van der Waals surface area contributed by atoms with Gasteiger partial charge in [0.25, 0.3) is 5.91 Å². The summed E-state index contributed by atoms with van der Waals surface area (Å²) >= 11 is 0. The molecule has 1 rings (SSSR count). The number of hydrogen-bond acceptors (Lipinski definition) is 4. The fourth-order valence-electron chi connectivity index (χ4n) is 2.19. The lowest BCUT2D eigenvalue weighted by atomic mass is 10.1. The average Bonchev–Trinajstić information content (AvgIpc) is 2.67. The molecular weight excluding hydrogens is 344 g/mol. The van der Waals surface area contributed by atoms with E-state index in [9.17, 15) is 4.79 Å².